The Hall–Kier alpha value is -1.31. The fraction of sp³-hybridized carbons (Fsp3) is 0.476. The number of halogens is 4. The van der Waals surface area contributed by atoms with Crippen LogP contribution in [0.1, 0.15) is 68.2 Å². The summed E-state index contributed by atoms with van der Waals surface area (Å²) in [6, 6.07) is -0.392. The fourth-order valence-corrected chi connectivity index (χ4v) is 7.55. The van der Waals surface area contributed by atoms with Crippen LogP contribution in [0, 0.1) is 0 Å². The van der Waals surface area contributed by atoms with Crippen LogP contribution < -0.4 is 10.7 Å². The van der Waals surface area contributed by atoms with Gasteiger partial charge in [0, 0.05) is 41.9 Å². The highest BCUT2D eigenvalue weighted by atomic mass is 79.9. The van der Waals surface area contributed by atoms with Crippen LogP contribution in [0.2, 0.25) is 0 Å². The molecule has 0 saturated carbocycles. The van der Waals surface area contributed by atoms with Crippen molar-refractivity contribution in [3.05, 3.63) is 29.0 Å². The molecule has 0 unspecified atom stereocenters. The number of carbonyl (C=O) groups excluding carboxylic acids is 5. The number of nitrogens with zero attached hydrogens (tertiary/aromatic N) is 2. The van der Waals surface area contributed by atoms with E-state index < -0.39 is 40.7 Å². The second kappa shape index (κ2) is 9.29. The van der Waals surface area contributed by atoms with E-state index in [0.29, 0.717) is 35.7 Å². The Labute approximate surface area is 230 Å². The first-order chi connectivity index (χ1) is 15.5. The monoisotopic (exact) mass is 726 g/mol. The summed E-state index contributed by atoms with van der Waals surface area (Å²) in [5.74, 6) is -3.76. The van der Waals surface area contributed by atoms with Crippen molar-refractivity contribution in [1.82, 2.24) is 20.7 Å². The van der Waals surface area contributed by atoms with Gasteiger partial charge in [-0.05, 0) is 104 Å². The molecule has 2 aliphatic heterocycles. The molecule has 1 aromatic carbocycles. The van der Waals surface area contributed by atoms with Gasteiger partial charge in [-0.2, -0.15) is 5.01 Å². The molecule has 2 aliphatic rings. The first kappa shape index (κ1) is 27.3. The molecule has 1 fully saturated rings. The highest BCUT2D eigenvalue weighted by molar-refractivity contribution is 9.15. The number of fused-ring (bicyclic) bond motifs is 1. The normalized spacial score (nSPS) is 19.2. The van der Waals surface area contributed by atoms with E-state index in [-0.39, 0.29) is 17.0 Å². The van der Waals surface area contributed by atoms with Crippen molar-refractivity contribution in [2.45, 2.75) is 64.6 Å². The summed E-state index contributed by atoms with van der Waals surface area (Å²) in [6.45, 7) is 9.11. The molecule has 34 heavy (non-hydrogen) atoms. The van der Waals surface area contributed by atoms with E-state index in [1.54, 1.807) is 4.90 Å². The van der Waals surface area contributed by atoms with Gasteiger partial charge in [-0.1, -0.05) is 0 Å². The highest BCUT2D eigenvalue weighted by Gasteiger charge is 2.48. The minimum atomic E-state index is -1.15. The molecule has 0 radical (unpaired) electrons. The van der Waals surface area contributed by atoms with Crippen LogP contribution in [-0.4, -0.2) is 56.6 Å². The zero-order valence-electron chi connectivity index (χ0n) is 18.9. The van der Waals surface area contributed by atoms with Gasteiger partial charge in [-0.3, -0.25) is 24.0 Å². The number of piperidine rings is 1. The Morgan fingerprint density at radius 1 is 0.794 bits per heavy atom. The Morgan fingerprint density at radius 2 is 1.21 bits per heavy atom. The van der Waals surface area contributed by atoms with Crippen molar-refractivity contribution in [2.75, 3.05) is 0 Å². The van der Waals surface area contributed by atoms with Crippen LogP contribution in [0.4, 0.5) is 0 Å². The number of hydrogen-bond donors (Lipinski definition) is 2. The molecule has 184 valence electrons. The smallest absolute Gasteiger partial charge is 0.328 e. The van der Waals surface area contributed by atoms with Crippen molar-refractivity contribution in [1.29, 1.82) is 0 Å². The SMILES string of the molecule is CC(=O)N1C(C)(C)CC(NC(=O)C(=O)NN2C(=O)c3c(Br)c(Br)c(Br)c(Br)c3C2=O)CC1(C)C. The fourth-order valence-electron chi connectivity index (χ4n) is 5.09. The number of carbonyl (C=O) groups is 5. The van der Waals surface area contributed by atoms with E-state index in [1.165, 1.54) is 6.92 Å². The summed E-state index contributed by atoms with van der Waals surface area (Å²) in [4.78, 5) is 65.1. The summed E-state index contributed by atoms with van der Waals surface area (Å²) < 4.78 is 1.68. The molecule has 1 saturated heterocycles. The van der Waals surface area contributed by atoms with Crippen LogP contribution in [0.15, 0.2) is 17.9 Å². The Bertz CT molecular complexity index is 1090. The Morgan fingerprint density at radius 3 is 1.59 bits per heavy atom. The number of nitrogens with one attached hydrogen (secondary N) is 2. The zero-order valence-corrected chi connectivity index (χ0v) is 25.3. The van der Waals surface area contributed by atoms with Crippen molar-refractivity contribution in [3.8, 4) is 0 Å². The van der Waals surface area contributed by atoms with Crippen LogP contribution >= 0.6 is 63.7 Å². The molecule has 0 bridgehead atoms. The van der Waals surface area contributed by atoms with Gasteiger partial charge in [0.1, 0.15) is 0 Å². The second-order valence-electron chi connectivity index (χ2n) is 9.45. The number of imide groups is 1. The molecule has 9 nitrogen and oxygen atoms in total. The molecule has 0 aliphatic carbocycles. The molecule has 3 rings (SSSR count). The minimum absolute atomic E-state index is 0.0489. The van der Waals surface area contributed by atoms with Crippen molar-refractivity contribution in [2.24, 2.45) is 0 Å². The number of amides is 5. The molecule has 2 heterocycles. The topological polar surface area (TPSA) is 116 Å². The summed E-state index contributed by atoms with van der Waals surface area (Å²) in [5, 5.41) is 3.20. The van der Waals surface area contributed by atoms with Crippen molar-refractivity contribution < 1.29 is 24.0 Å². The van der Waals surface area contributed by atoms with E-state index >= 15 is 0 Å². The third kappa shape index (κ3) is 4.60. The van der Waals surface area contributed by atoms with E-state index in [0.717, 1.165) is 0 Å². The number of likely N-dealkylation sites (tertiary alicyclic amines) is 1. The molecular weight excluding hydrogens is 708 g/mol. The van der Waals surface area contributed by atoms with Crippen LogP contribution in [-0.2, 0) is 14.4 Å². The average Bonchev–Trinajstić information content (AvgIpc) is 2.92. The van der Waals surface area contributed by atoms with Crippen molar-refractivity contribution >= 4 is 93.3 Å². The Balaban J connectivity index is 1.76. The van der Waals surface area contributed by atoms with Gasteiger partial charge in [-0.25, -0.2) is 5.43 Å². The molecular formula is C21H22Br4N4O5. The van der Waals surface area contributed by atoms with Gasteiger partial charge >= 0.3 is 11.8 Å². The molecule has 0 atom stereocenters. The van der Waals surface area contributed by atoms with Crippen molar-refractivity contribution in [3.63, 3.8) is 0 Å². The van der Waals surface area contributed by atoms with Gasteiger partial charge in [0.25, 0.3) is 11.8 Å². The standard InChI is InChI=1S/C21H22Br4N4O5/c1-8(30)29-20(2,3)6-9(7-21(29,4)5)26-16(31)17(32)27-28-18(33)10-11(19(28)34)13(23)15(25)14(24)12(10)22/h9H,6-7H2,1-5H3,(H,26,31)(H,27,32). The van der Waals surface area contributed by atoms with Gasteiger partial charge in [-0.15, -0.1) is 0 Å². The maximum Gasteiger partial charge on any atom is 0.328 e. The second-order valence-corrected chi connectivity index (χ2v) is 12.6. The number of rotatable bonds is 2. The summed E-state index contributed by atoms with van der Waals surface area (Å²) in [6.07, 6.45) is 0.869. The number of benzene rings is 1. The molecule has 0 aromatic heterocycles. The highest BCUT2D eigenvalue weighted by Crippen LogP contribution is 2.45. The van der Waals surface area contributed by atoms with E-state index in [9.17, 15) is 24.0 Å². The quantitative estimate of drug-likeness (QED) is 0.207. The minimum Gasteiger partial charge on any atom is -0.345 e. The van der Waals surface area contributed by atoms with Gasteiger partial charge < -0.3 is 10.2 Å². The lowest BCUT2D eigenvalue weighted by molar-refractivity contribution is -0.149. The van der Waals surface area contributed by atoms with Crippen LogP contribution in [0.5, 0.6) is 0 Å². The summed E-state index contributed by atoms with van der Waals surface area (Å²) >= 11 is 13.2. The van der Waals surface area contributed by atoms with E-state index in [4.69, 9.17) is 0 Å². The first-order valence-corrected chi connectivity index (χ1v) is 13.4. The predicted molar refractivity (Wildman–Crippen MR) is 138 cm³/mol. The van der Waals surface area contributed by atoms with Gasteiger partial charge in [0.2, 0.25) is 5.91 Å². The largest absolute Gasteiger partial charge is 0.345 e. The van der Waals surface area contributed by atoms with Crippen LogP contribution in [0.3, 0.4) is 0 Å². The van der Waals surface area contributed by atoms with Gasteiger partial charge in [0.15, 0.2) is 0 Å². The molecule has 1 aromatic rings. The van der Waals surface area contributed by atoms with E-state index in [1.807, 2.05) is 27.7 Å². The number of hydrazine groups is 1. The third-order valence-electron chi connectivity index (χ3n) is 5.87. The lowest BCUT2D eigenvalue weighted by atomic mass is 9.77. The lowest BCUT2D eigenvalue weighted by Gasteiger charge is -2.55. The first-order valence-electron chi connectivity index (χ1n) is 10.2. The average molecular weight is 730 g/mol. The summed E-state index contributed by atoms with van der Waals surface area (Å²) in [5.41, 5.74) is 1.12. The summed E-state index contributed by atoms with van der Waals surface area (Å²) in [7, 11) is 0. The molecule has 0 spiro atoms. The van der Waals surface area contributed by atoms with Crippen LogP contribution in [0.25, 0.3) is 0 Å². The van der Waals surface area contributed by atoms with Gasteiger partial charge in [0.05, 0.1) is 11.1 Å². The maximum absolute atomic E-state index is 12.9. The molecule has 2 N–H and O–H groups in total. The Kier molecular flexibility index (Phi) is 7.45. The third-order valence-corrected chi connectivity index (χ3v) is 10.6. The molecule has 13 heteroatoms. The predicted octanol–water partition coefficient (Wildman–Crippen LogP) is 4.05. The van der Waals surface area contributed by atoms with E-state index in [2.05, 4.69) is 74.5 Å². The molecule has 5 amide bonds. The lowest BCUT2D eigenvalue weighted by Crippen LogP contribution is -2.66. The number of hydrogen-bond acceptors (Lipinski definition) is 5. The zero-order chi connectivity index (χ0) is 25.9. The maximum atomic E-state index is 12.9.